The third-order valence-corrected chi connectivity index (χ3v) is 11.8. The van der Waals surface area contributed by atoms with Gasteiger partial charge in [-0.2, -0.15) is 0 Å². The zero-order chi connectivity index (χ0) is 28.0. The van der Waals surface area contributed by atoms with Crippen molar-refractivity contribution in [3.63, 3.8) is 0 Å². The molecule has 6 rings (SSSR count). The van der Waals surface area contributed by atoms with Crippen molar-refractivity contribution in [3.05, 3.63) is 40.5 Å². The minimum Gasteiger partial charge on any atom is -0.507 e. The van der Waals surface area contributed by atoms with Crippen LogP contribution in [0, 0.1) is 31.6 Å². The van der Waals surface area contributed by atoms with E-state index in [0.717, 1.165) is 42.6 Å². The van der Waals surface area contributed by atoms with Gasteiger partial charge in [-0.15, -0.1) is 23.2 Å². The Morgan fingerprint density at radius 3 is 2.23 bits per heavy atom. The normalized spacial score (nSPS) is 36.7. The van der Waals surface area contributed by atoms with Crippen molar-refractivity contribution in [2.75, 3.05) is 5.45 Å². The van der Waals surface area contributed by atoms with Gasteiger partial charge in [0.1, 0.15) is 5.75 Å². The van der Waals surface area contributed by atoms with E-state index in [4.69, 9.17) is 23.2 Å². The SMILES string of the molecule is Cc1cc(C2C3=CCC4C(=O)N(C5CCCCC5)C(=O)C4C3CC3(Cl)C(=O)N(CBr)C(=O)C23Cl)cc(C)c1O. The van der Waals surface area contributed by atoms with Gasteiger partial charge in [0.15, 0.2) is 9.75 Å². The Morgan fingerprint density at radius 2 is 1.62 bits per heavy atom. The summed E-state index contributed by atoms with van der Waals surface area (Å²) in [7, 11) is 0. The largest absolute Gasteiger partial charge is 0.507 e. The van der Waals surface area contributed by atoms with E-state index < -0.39 is 45.2 Å². The molecule has 0 aromatic heterocycles. The van der Waals surface area contributed by atoms with Crippen LogP contribution in [0.1, 0.15) is 67.6 Å². The highest BCUT2D eigenvalue weighted by Crippen LogP contribution is 2.65. The molecule has 2 heterocycles. The van der Waals surface area contributed by atoms with Gasteiger partial charge in [0.2, 0.25) is 11.8 Å². The molecule has 4 fully saturated rings. The summed E-state index contributed by atoms with van der Waals surface area (Å²) in [5.74, 6) is -3.89. The molecule has 39 heavy (non-hydrogen) atoms. The molecule has 6 atom stereocenters. The average Bonchev–Trinajstić information content (AvgIpc) is 3.25. The lowest BCUT2D eigenvalue weighted by molar-refractivity contribution is -0.144. The first-order valence-electron chi connectivity index (χ1n) is 13.6. The Bertz CT molecular complexity index is 1320. The van der Waals surface area contributed by atoms with E-state index >= 15 is 0 Å². The van der Waals surface area contributed by atoms with Crippen LogP contribution in [0.25, 0.3) is 0 Å². The second-order valence-corrected chi connectivity index (χ2v) is 13.6. The van der Waals surface area contributed by atoms with Crippen molar-refractivity contribution < 1.29 is 24.3 Å². The summed E-state index contributed by atoms with van der Waals surface area (Å²) < 4.78 is 0. The first-order valence-corrected chi connectivity index (χ1v) is 15.5. The number of hydrogen-bond donors (Lipinski definition) is 1. The van der Waals surface area contributed by atoms with Gasteiger partial charge < -0.3 is 5.11 Å². The molecule has 10 heteroatoms. The number of phenols is 1. The van der Waals surface area contributed by atoms with Crippen LogP contribution >= 0.6 is 39.1 Å². The van der Waals surface area contributed by atoms with E-state index in [9.17, 15) is 24.3 Å². The van der Waals surface area contributed by atoms with E-state index in [0.29, 0.717) is 23.1 Å². The summed E-state index contributed by atoms with van der Waals surface area (Å²) in [5.41, 5.74) is 2.57. The lowest BCUT2D eigenvalue weighted by atomic mass is 9.56. The predicted molar refractivity (Wildman–Crippen MR) is 150 cm³/mol. The molecule has 2 saturated heterocycles. The number of carbonyl (C=O) groups excluding carboxylic acids is 4. The number of amides is 4. The Balaban J connectivity index is 1.51. The van der Waals surface area contributed by atoms with Gasteiger partial charge in [0.05, 0.1) is 17.3 Å². The quantitative estimate of drug-likeness (QED) is 0.217. The van der Waals surface area contributed by atoms with E-state index in [1.54, 1.807) is 26.0 Å². The highest BCUT2D eigenvalue weighted by atomic mass is 79.9. The molecule has 7 nitrogen and oxygen atoms in total. The number of rotatable bonds is 3. The lowest BCUT2D eigenvalue weighted by Gasteiger charge is -2.51. The fourth-order valence-electron chi connectivity index (χ4n) is 8.01. The number of aromatic hydroxyl groups is 1. The number of nitrogens with zero attached hydrogens (tertiary/aromatic N) is 2. The molecule has 0 radical (unpaired) electrons. The molecule has 5 aliphatic rings. The number of hydrogen-bond acceptors (Lipinski definition) is 5. The third-order valence-electron chi connectivity index (χ3n) is 9.84. The number of halogens is 3. The van der Waals surface area contributed by atoms with Crippen LogP contribution < -0.4 is 0 Å². The average molecular weight is 638 g/mol. The van der Waals surface area contributed by atoms with Gasteiger partial charge in [-0.3, -0.25) is 29.0 Å². The van der Waals surface area contributed by atoms with Crippen LogP contribution in [0.3, 0.4) is 0 Å². The molecule has 1 aromatic carbocycles. The number of fused-ring (bicyclic) bond motifs is 4. The Hall–Kier alpha value is -1.90. The van der Waals surface area contributed by atoms with Gasteiger partial charge in [0, 0.05) is 12.0 Å². The van der Waals surface area contributed by atoms with E-state index in [2.05, 4.69) is 15.9 Å². The molecule has 1 aromatic rings. The van der Waals surface area contributed by atoms with Crippen molar-refractivity contribution >= 4 is 62.8 Å². The number of aryl methyl sites for hydroxylation is 2. The summed E-state index contributed by atoms with van der Waals surface area (Å²) in [4.78, 5) is 54.2. The zero-order valence-electron chi connectivity index (χ0n) is 21.9. The lowest BCUT2D eigenvalue weighted by Crippen LogP contribution is -2.60. The van der Waals surface area contributed by atoms with E-state index in [1.165, 1.54) is 4.90 Å². The van der Waals surface area contributed by atoms with Gasteiger partial charge in [0.25, 0.3) is 11.8 Å². The molecule has 3 aliphatic carbocycles. The van der Waals surface area contributed by atoms with E-state index in [-0.39, 0.29) is 35.5 Å². The molecule has 4 amide bonds. The number of carbonyl (C=O) groups is 4. The second-order valence-electron chi connectivity index (χ2n) is 11.8. The van der Waals surface area contributed by atoms with Crippen molar-refractivity contribution in [3.8, 4) is 5.75 Å². The Labute approximate surface area is 246 Å². The maximum Gasteiger partial charge on any atom is 0.254 e. The molecule has 208 valence electrons. The number of imide groups is 2. The van der Waals surface area contributed by atoms with Crippen LogP contribution in [0.15, 0.2) is 23.8 Å². The number of benzene rings is 1. The van der Waals surface area contributed by atoms with Crippen LogP contribution in [0.2, 0.25) is 0 Å². The fourth-order valence-corrected chi connectivity index (χ4v) is 9.43. The predicted octanol–water partition coefficient (Wildman–Crippen LogP) is 5.05. The smallest absolute Gasteiger partial charge is 0.254 e. The highest BCUT2D eigenvalue weighted by molar-refractivity contribution is 9.09. The Morgan fingerprint density at radius 1 is 0.974 bits per heavy atom. The summed E-state index contributed by atoms with van der Waals surface area (Å²) in [6, 6.07) is 3.45. The van der Waals surface area contributed by atoms with Crippen LogP contribution in [-0.4, -0.2) is 59.8 Å². The molecule has 1 N–H and O–H groups in total. The Kier molecular flexibility index (Phi) is 6.52. The summed E-state index contributed by atoms with van der Waals surface area (Å²) in [6.07, 6.45) is 7.02. The number of phenolic OH excluding ortho intramolecular Hbond substituents is 1. The maximum absolute atomic E-state index is 14.0. The third kappa shape index (κ3) is 3.53. The molecule has 6 unspecified atom stereocenters. The van der Waals surface area contributed by atoms with Crippen molar-refractivity contribution in [1.29, 1.82) is 0 Å². The molecule has 0 spiro atoms. The standard InChI is InChI=1S/C29H31BrCl2N2O5/c1-14-10-16(11-15(2)23(14)35)22-18-8-9-19-21(25(37)34(24(19)36)17-6-4-3-5-7-17)20(18)12-28(31)26(38)33(13-30)27(39)29(22,28)32/h8,10-11,17,19-22,35H,3-7,9,12-13H2,1-2H3. The molecule has 2 saturated carbocycles. The number of alkyl halides is 3. The highest BCUT2D eigenvalue weighted by Gasteiger charge is 2.76. The van der Waals surface area contributed by atoms with Crippen molar-refractivity contribution in [2.45, 2.75) is 80.5 Å². The van der Waals surface area contributed by atoms with Crippen molar-refractivity contribution in [1.82, 2.24) is 9.80 Å². The van der Waals surface area contributed by atoms with Crippen LogP contribution in [-0.2, 0) is 19.2 Å². The van der Waals surface area contributed by atoms with Crippen LogP contribution in [0.5, 0.6) is 5.75 Å². The molecular weight excluding hydrogens is 607 g/mol. The molecule has 0 bridgehead atoms. The van der Waals surface area contributed by atoms with Crippen molar-refractivity contribution in [2.24, 2.45) is 17.8 Å². The van der Waals surface area contributed by atoms with Crippen LogP contribution in [0.4, 0.5) is 0 Å². The minimum absolute atomic E-state index is 0.0107. The first kappa shape index (κ1) is 27.3. The first-order chi connectivity index (χ1) is 18.5. The summed E-state index contributed by atoms with van der Waals surface area (Å²) in [5, 5.41) is 10.5. The maximum atomic E-state index is 14.0. The fraction of sp³-hybridized carbons (Fsp3) is 0.586. The van der Waals surface area contributed by atoms with Gasteiger partial charge in [-0.1, -0.05) is 59.0 Å². The second kappa shape index (κ2) is 9.31. The number of allylic oxidation sites excluding steroid dienone is 2. The summed E-state index contributed by atoms with van der Waals surface area (Å²) in [6.45, 7) is 3.53. The van der Waals surface area contributed by atoms with Gasteiger partial charge in [-0.05, 0) is 62.1 Å². The van der Waals surface area contributed by atoms with Gasteiger partial charge >= 0.3 is 0 Å². The minimum atomic E-state index is -1.83. The van der Waals surface area contributed by atoms with Gasteiger partial charge in [-0.25, -0.2) is 0 Å². The zero-order valence-corrected chi connectivity index (χ0v) is 25.0. The molecule has 2 aliphatic heterocycles. The topological polar surface area (TPSA) is 95.0 Å². The summed E-state index contributed by atoms with van der Waals surface area (Å²) >= 11 is 17.8. The van der Waals surface area contributed by atoms with E-state index in [1.807, 2.05) is 6.08 Å². The molecular formula is C29H31BrCl2N2O5. The number of likely N-dealkylation sites (tertiary alicyclic amines) is 2. The monoisotopic (exact) mass is 636 g/mol.